The van der Waals surface area contributed by atoms with Gasteiger partial charge in [-0.3, -0.25) is 4.79 Å². The van der Waals surface area contributed by atoms with Crippen molar-refractivity contribution in [2.45, 2.75) is 18.2 Å². The number of aryl methyl sites for hydroxylation is 1. The fraction of sp³-hybridized carbons (Fsp3) is 0.250. The molecule has 5 heteroatoms. The Balaban J connectivity index is 1.98. The van der Waals surface area contributed by atoms with Crippen molar-refractivity contribution in [3.05, 3.63) is 52.8 Å². The molecule has 21 heavy (non-hydrogen) atoms. The number of fused-ring (bicyclic) bond motifs is 1. The standard InChI is InChI=1S/C16H15ClN2OS/c1-2-12-9-11(10-15(17)18-12)16(20)19-7-8-21-14-6-4-3-5-13(14)19/h3-6,9-10H,2,7-8H2,1H3. The van der Waals surface area contributed by atoms with Crippen molar-refractivity contribution in [2.75, 3.05) is 17.2 Å². The highest BCUT2D eigenvalue weighted by Crippen LogP contribution is 2.35. The molecule has 0 fully saturated rings. The number of rotatable bonds is 2. The highest BCUT2D eigenvalue weighted by atomic mass is 35.5. The van der Waals surface area contributed by atoms with Gasteiger partial charge in [0.05, 0.1) is 5.69 Å². The van der Waals surface area contributed by atoms with Crippen LogP contribution in [0.4, 0.5) is 5.69 Å². The lowest BCUT2D eigenvalue weighted by atomic mass is 10.1. The summed E-state index contributed by atoms with van der Waals surface area (Å²) in [4.78, 5) is 20.0. The van der Waals surface area contributed by atoms with Gasteiger partial charge in [0, 0.05) is 28.5 Å². The van der Waals surface area contributed by atoms with E-state index < -0.39 is 0 Å². The van der Waals surface area contributed by atoms with Crippen molar-refractivity contribution in [2.24, 2.45) is 0 Å². The molecule has 1 aromatic carbocycles. The Hall–Kier alpha value is -1.52. The molecule has 2 heterocycles. The summed E-state index contributed by atoms with van der Waals surface area (Å²) in [6, 6.07) is 11.5. The molecular weight excluding hydrogens is 304 g/mol. The fourth-order valence-corrected chi connectivity index (χ4v) is 3.61. The number of nitrogens with zero attached hydrogens (tertiary/aromatic N) is 2. The minimum Gasteiger partial charge on any atom is -0.306 e. The van der Waals surface area contributed by atoms with Gasteiger partial charge in [-0.2, -0.15) is 0 Å². The number of carbonyl (C=O) groups excluding carboxylic acids is 1. The molecule has 0 bridgehead atoms. The Morgan fingerprint density at radius 2 is 2.19 bits per heavy atom. The van der Waals surface area contributed by atoms with E-state index in [-0.39, 0.29) is 5.91 Å². The molecule has 0 aliphatic carbocycles. The minimum atomic E-state index is -0.0123. The highest BCUT2D eigenvalue weighted by Gasteiger charge is 2.24. The summed E-state index contributed by atoms with van der Waals surface area (Å²) in [7, 11) is 0. The Bertz CT molecular complexity index is 690. The van der Waals surface area contributed by atoms with E-state index in [4.69, 9.17) is 11.6 Å². The molecule has 0 unspecified atom stereocenters. The highest BCUT2D eigenvalue weighted by molar-refractivity contribution is 7.99. The second kappa shape index (κ2) is 6.08. The fourth-order valence-electron chi connectivity index (χ4n) is 2.39. The van der Waals surface area contributed by atoms with Crippen molar-refractivity contribution in [3.63, 3.8) is 0 Å². The van der Waals surface area contributed by atoms with Crippen molar-refractivity contribution < 1.29 is 4.79 Å². The van der Waals surface area contributed by atoms with E-state index in [1.807, 2.05) is 36.1 Å². The quantitative estimate of drug-likeness (QED) is 0.783. The van der Waals surface area contributed by atoms with E-state index in [2.05, 4.69) is 11.1 Å². The van der Waals surface area contributed by atoms with Gasteiger partial charge in [-0.25, -0.2) is 4.98 Å². The van der Waals surface area contributed by atoms with Crippen LogP contribution in [0, 0.1) is 0 Å². The van der Waals surface area contributed by atoms with Crippen molar-refractivity contribution in [1.29, 1.82) is 0 Å². The molecule has 0 N–H and O–H groups in total. The van der Waals surface area contributed by atoms with Gasteiger partial charge in [-0.15, -0.1) is 11.8 Å². The Morgan fingerprint density at radius 1 is 1.38 bits per heavy atom. The minimum absolute atomic E-state index is 0.0123. The maximum Gasteiger partial charge on any atom is 0.258 e. The Kier molecular flexibility index (Phi) is 4.17. The SMILES string of the molecule is CCc1cc(C(=O)N2CCSc3ccccc32)cc(Cl)n1. The van der Waals surface area contributed by atoms with Crippen LogP contribution in [0.15, 0.2) is 41.3 Å². The topological polar surface area (TPSA) is 33.2 Å². The normalized spacial score (nSPS) is 13.9. The molecule has 0 radical (unpaired) electrons. The average molecular weight is 319 g/mol. The molecule has 0 atom stereocenters. The van der Waals surface area contributed by atoms with Crippen molar-refractivity contribution in [1.82, 2.24) is 4.98 Å². The van der Waals surface area contributed by atoms with Crippen LogP contribution in [0.1, 0.15) is 23.0 Å². The smallest absolute Gasteiger partial charge is 0.258 e. The summed E-state index contributed by atoms with van der Waals surface area (Å²) in [5.74, 6) is 0.893. The number of halogens is 1. The number of anilines is 1. The maximum atomic E-state index is 12.8. The van der Waals surface area contributed by atoms with E-state index in [0.29, 0.717) is 17.3 Å². The monoisotopic (exact) mass is 318 g/mol. The molecule has 0 saturated carbocycles. The molecule has 1 aromatic heterocycles. The van der Waals surface area contributed by atoms with Gasteiger partial charge in [-0.1, -0.05) is 30.7 Å². The summed E-state index contributed by atoms with van der Waals surface area (Å²) in [6.07, 6.45) is 0.757. The lowest BCUT2D eigenvalue weighted by Crippen LogP contribution is -2.35. The first-order valence-corrected chi connectivity index (χ1v) is 8.25. The first kappa shape index (κ1) is 14.4. The second-order valence-electron chi connectivity index (χ2n) is 4.80. The summed E-state index contributed by atoms with van der Waals surface area (Å²) >= 11 is 7.81. The zero-order valence-corrected chi connectivity index (χ0v) is 13.2. The number of hydrogen-bond donors (Lipinski definition) is 0. The van der Waals surface area contributed by atoms with Gasteiger partial charge in [0.15, 0.2) is 0 Å². The van der Waals surface area contributed by atoms with Crippen LogP contribution in [0.25, 0.3) is 0 Å². The Morgan fingerprint density at radius 3 is 3.00 bits per heavy atom. The summed E-state index contributed by atoms with van der Waals surface area (Å²) in [6.45, 7) is 2.71. The zero-order valence-electron chi connectivity index (χ0n) is 11.7. The van der Waals surface area contributed by atoms with Gasteiger partial charge in [0.25, 0.3) is 5.91 Å². The maximum absolute atomic E-state index is 12.8. The van der Waals surface area contributed by atoms with Crippen LogP contribution >= 0.6 is 23.4 Å². The van der Waals surface area contributed by atoms with Crippen molar-refractivity contribution in [3.8, 4) is 0 Å². The van der Waals surface area contributed by atoms with Crippen LogP contribution in [-0.4, -0.2) is 23.2 Å². The van der Waals surface area contributed by atoms with Crippen LogP contribution in [0.5, 0.6) is 0 Å². The van der Waals surface area contributed by atoms with E-state index in [0.717, 1.165) is 28.5 Å². The molecule has 3 rings (SSSR count). The number of amides is 1. The number of thioether (sulfide) groups is 1. The number of pyridine rings is 1. The van der Waals surface area contributed by atoms with Gasteiger partial charge < -0.3 is 4.90 Å². The number of para-hydroxylation sites is 1. The van der Waals surface area contributed by atoms with E-state index in [9.17, 15) is 4.79 Å². The molecule has 1 amide bonds. The third-order valence-corrected chi connectivity index (χ3v) is 4.67. The number of carbonyl (C=O) groups is 1. The van der Waals surface area contributed by atoms with E-state index in [1.165, 1.54) is 0 Å². The van der Waals surface area contributed by atoms with Gasteiger partial charge >= 0.3 is 0 Å². The van der Waals surface area contributed by atoms with Crippen LogP contribution in [0.2, 0.25) is 5.15 Å². The summed E-state index contributed by atoms with van der Waals surface area (Å²) < 4.78 is 0. The lowest BCUT2D eigenvalue weighted by Gasteiger charge is -2.29. The number of benzene rings is 1. The van der Waals surface area contributed by atoms with E-state index >= 15 is 0 Å². The number of aromatic nitrogens is 1. The van der Waals surface area contributed by atoms with Crippen LogP contribution in [0.3, 0.4) is 0 Å². The molecule has 3 nitrogen and oxygen atoms in total. The van der Waals surface area contributed by atoms with E-state index in [1.54, 1.807) is 17.8 Å². The number of hydrogen-bond acceptors (Lipinski definition) is 3. The molecule has 2 aromatic rings. The summed E-state index contributed by atoms with van der Waals surface area (Å²) in [5, 5.41) is 0.373. The predicted octanol–water partition coefficient (Wildman–Crippen LogP) is 4.05. The molecule has 1 aliphatic heterocycles. The lowest BCUT2D eigenvalue weighted by molar-refractivity contribution is 0.0987. The van der Waals surface area contributed by atoms with Gasteiger partial charge in [0.2, 0.25) is 0 Å². The molecule has 0 spiro atoms. The van der Waals surface area contributed by atoms with Gasteiger partial charge in [0.1, 0.15) is 5.15 Å². The molecule has 108 valence electrons. The molecular formula is C16H15ClN2OS. The molecule has 0 saturated heterocycles. The third kappa shape index (κ3) is 2.92. The first-order chi connectivity index (χ1) is 10.2. The molecule has 1 aliphatic rings. The second-order valence-corrected chi connectivity index (χ2v) is 6.32. The zero-order chi connectivity index (χ0) is 14.8. The van der Waals surface area contributed by atoms with Crippen LogP contribution in [-0.2, 0) is 6.42 Å². The average Bonchev–Trinajstić information content (AvgIpc) is 2.53. The Labute approximate surface area is 133 Å². The van der Waals surface area contributed by atoms with Gasteiger partial charge in [-0.05, 0) is 30.7 Å². The third-order valence-electron chi connectivity index (χ3n) is 3.43. The predicted molar refractivity (Wildman–Crippen MR) is 87.5 cm³/mol. The summed E-state index contributed by atoms with van der Waals surface area (Å²) in [5.41, 5.74) is 2.42. The van der Waals surface area contributed by atoms with Crippen LogP contribution < -0.4 is 4.90 Å². The largest absolute Gasteiger partial charge is 0.306 e. The first-order valence-electron chi connectivity index (χ1n) is 6.89. The van der Waals surface area contributed by atoms with Crippen molar-refractivity contribution >= 4 is 35.0 Å².